The van der Waals surface area contributed by atoms with Gasteiger partial charge in [0.1, 0.15) is 0 Å². The molecule has 2 heteroatoms. The first-order chi connectivity index (χ1) is 7.65. The second-order valence-electron chi connectivity index (χ2n) is 7.53. The van der Waals surface area contributed by atoms with Crippen molar-refractivity contribution < 1.29 is 9.84 Å². The van der Waals surface area contributed by atoms with Crippen LogP contribution in [0.3, 0.4) is 0 Å². The molecule has 2 fully saturated rings. The topological polar surface area (TPSA) is 29.5 Å². The van der Waals surface area contributed by atoms with E-state index in [2.05, 4.69) is 34.6 Å². The van der Waals surface area contributed by atoms with Crippen LogP contribution < -0.4 is 0 Å². The number of rotatable bonds is 1. The van der Waals surface area contributed by atoms with Crippen molar-refractivity contribution in [3.8, 4) is 0 Å². The Hall–Kier alpha value is -0.0800. The van der Waals surface area contributed by atoms with Crippen molar-refractivity contribution in [1.29, 1.82) is 0 Å². The van der Waals surface area contributed by atoms with Crippen molar-refractivity contribution >= 4 is 0 Å². The van der Waals surface area contributed by atoms with Gasteiger partial charge in [-0.25, -0.2) is 0 Å². The average Bonchev–Trinajstić information content (AvgIpc) is 2.34. The van der Waals surface area contributed by atoms with E-state index < -0.39 is 5.60 Å². The fraction of sp³-hybridized carbons (Fsp3) is 1.00. The lowest BCUT2D eigenvalue weighted by Crippen LogP contribution is -2.49. The Morgan fingerprint density at radius 2 is 1.76 bits per heavy atom. The molecule has 0 aromatic heterocycles. The van der Waals surface area contributed by atoms with Gasteiger partial charge in [0.2, 0.25) is 0 Å². The third kappa shape index (κ3) is 2.53. The molecule has 0 spiro atoms. The minimum atomic E-state index is -0.505. The minimum Gasteiger partial charge on any atom is -0.389 e. The fourth-order valence-corrected chi connectivity index (χ4v) is 4.28. The maximum Gasteiger partial charge on any atom is 0.0706 e. The first kappa shape index (κ1) is 13.4. The minimum absolute atomic E-state index is 0.0927. The predicted molar refractivity (Wildman–Crippen MR) is 69.9 cm³/mol. The Morgan fingerprint density at radius 3 is 2.24 bits per heavy atom. The third-order valence-electron chi connectivity index (χ3n) is 4.73. The molecular formula is C15H28O2. The monoisotopic (exact) mass is 240 g/mol. The first-order valence-corrected chi connectivity index (χ1v) is 7.07. The summed E-state index contributed by atoms with van der Waals surface area (Å²) in [5, 5.41) is 11.0. The summed E-state index contributed by atoms with van der Waals surface area (Å²) in [5.41, 5.74) is -0.797. The van der Waals surface area contributed by atoms with Crippen LogP contribution in [-0.2, 0) is 4.74 Å². The highest BCUT2D eigenvalue weighted by molar-refractivity contribution is 5.05. The van der Waals surface area contributed by atoms with Crippen LogP contribution in [-0.4, -0.2) is 21.9 Å². The van der Waals surface area contributed by atoms with E-state index in [1.54, 1.807) is 0 Å². The maximum atomic E-state index is 11.0. The zero-order valence-corrected chi connectivity index (χ0v) is 12.0. The molecule has 1 aliphatic carbocycles. The van der Waals surface area contributed by atoms with Crippen molar-refractivity contribution in [2.45, 2.75) is 83.5 Å². The van der Waals surface area contributed by atoms with Gasteiger partial charge in [0.25, 0.3) is 0 Å². The normalized spacial score (nSPS) is 44.8. The molecule has 17 heavy (non-hydrogen) atoms. The SMILES string of the molecule is CC1CCCC(O)(C2CC(C)(C)OC2(C)C)C1. The largest absolute Gasteiger partial charge is 0.389 e. The quantitative estimate of drug-likeness (QED) is 0.760. The van der Waals surface area contributed by atoms with E-state index in [-0.39, 0.29) is 17.1 Å². The smallest absolute Gasteiger partial charge is 0.0706 e. The van der Waals surface area contributed by atoms with Gasteiger partial charge in [-0.1, -0.05) is 19.8 Å². The van der Waals surface area contributed by atoms with E-state index in [0.717, 1.165) is 25.7 Å². The molecule has 0 radical (unpaired) electrons. The fourth-order valence-electron chi connectivity index (χ4n) is 4.28. The van der Waals surface area contributed by atoms with E-state index in [4.69, 9.17) is 4.74 Å². The van der Waals surface area contributed by atoms with Gasteiger partial charge >= 0.3 is 0 Å². The van der Waals surface area contributed by atoms with Crippen LogP contribution in [0.4, 0.5) is 0 Å². The van der Waals surface area contributed by atoms with Crippen molar-refractivity contribution in [3.05, 3.63) is 0 Å². The van der Waals surface area contributed by atoms with Gasteiger partial charge in [-0.2, -0.15) is 0 Å². The van der Waals surface area contributed by atoms with Crippen molar-refractivity contribution in [1.82, 2.24) is 0 Å². The zero-order chi connectivity index (χ0) is 12.9. The van der Waals surface area contributed by atoms with E-state index in [1.165, 1.54) is 6.42 Å². The van der Waals surface area contributed by atoms with E-state index in [9.17, 15) is 5.11 Å². The highest BCUT2D eigenvalue weighted by atomic mass is 16.5. The van der Waals surface area contributed by atoms with Gasteiger partial charge in [0.15, 0.2) is 0 Å². The summed E-state index contributed by atoms with van der Waals surface area (Å²) in [6, 6.07) is 0. The molecule has 2 nitrogen and oxygen atoms in total. The Balaban J connectivity index is 2.21. The molecule has 1 saturated heterocycles. The first-order valence-electron chi connectivity index (χ1n) is 7.07. The van der Waals surface area contributed by atoms with Gasteiger partial charge in [0, 0.05) is 5.92 Å². The highest BCUT2D eigenvalue weighted by Crippen LogP contribution is 2.51. The Morgan fingerprint density at radius 1 is 1.12 bits per heavy atom. The second-order valence-corrected chi connectivity index (χ2v) is 7.53. The molecule has 100 valence electrons. The van der Waals surface area contributed by atoms with Gasteiger partial charge in [-0.3, -0.25) is 0 Å². The third-order valence-corrected chi connectivity index (χ3v) is 4.73. The molecule has 0 aromatic rings. The van der Waals surface area contributed by atoms with E-state index in [1.807, 2.05) is 0 Å². The van der Waals surface area contributed by atoms with Crippen molar-refractivity contribution in [3.63, 3.8) is 0 Å². The standard InChI is InChI=1S/C15H28O2/c1-11-7-6-8-15(16,9-11)12-10-13(2,3)17-14(12,4)5/h11-12,16H,6-10H2,1-5H3. The van der Waals surface area contributed by atoms with Crippen LogP contribution in [0.25, 0.3) is 0 Å². The van der Waals surface area contributed by atoms with Gasteiger partial charge in [-0.05, 0) is 52.9 Å². The highest BCUT2D eigenvalue weighted by Gasteiger charge is 2.55. The van der Waals surface area contributed by atoms with Crippen molar-refractivity contribution in [2.24, 2.45) is 11.8 Å². The summed E-state index contributed by atoms with van der Waals surface area (Å²) in [5.74, 6) is 0.918. The molecule has 3 atom stereocenters. The number of hydrogen-bond donors (Lipinski definition) is 1. The van der Waals surface area contributed by atoms with Crippen LogP contribution in [0.2, 0.25) is 0 Å². The summed E-state index contributed by atoms with van der Waals surface area (Å²) in [7, 11) is 0. The summed E-state index contributed by atoms with van der Waals surface area (Å²) in [6.07, 6.45) is 5.29. The number of ether oxygens (including phenoxy) is 1. The molecule has 2 rings (SSSR count). The lowest BCUT2D eigenvalue weighted by molar-refractivity contribution is -0.129. The summed E-state index contributed by atoms with van der Waals surface area (Å²) in [4.78, 5) is 0. The van der Waals surface area contributed by atoms with Crippen LogP contribution in [0.5, 0.6) is 0 Å². The predicted octanol–water partition coefficient (Wildman–Crippen LogP) is 3.52. The molecule has 1 N–H and O–H groups in total. The molecule has 3 unspecified atom stereocenters. The lowest BCUT2D eigenvalue weighted by atomic mass is 9.66. The second kappa shape index (κ2) is 3.96. The number of hydrogen-bond acceptors (Lipinski definition) is 2. The lowest BCUT2D eigenvalue weighted by Gasteiger charge is -2.44. The summed E-state index contributed by atoms with van der Waals surface area (Å²) < 4.78 is 6.14. The van der Waals surface area contributed by atoms with Crippen LogP contribution >= 0.6 is 0 Å². The Bertz CT molecular complexity index is 295. The van der Waals surface area contributed by atoms with E-state index >= 15 is 0 Å². The van der Waals surface area contributed by atoms with Gasteiger partial charge in [0.05, 0.1) is 16.8 Å². The molecule has 0 aromatic carbocycles. The molecule has 2 aliphatic rings. The maximum absolute atomic E-state index is 11.0. The molecule has 0 bridgehead atoms. The number of aliphatic hydroxyl groups is 1. The van der Waals surface area contributed by atoms with Gasteiger partial charge in [-0.15, -0.1) is 0 Å². The summed E-state index contributed by atoms with van der Waals surface area (Å²) in [6.45, 7) is 10.8. The van der Waals surface area contributed by atoms with Crippen LogP contribution in [0.15, 0.2) is 0 Å². The summed E-state index contributed by atoms with van der Waals surface area (Å²) >= 11 is 0. The van der Waals surface area contributed by atoms with Crippen LogP contribution in [0, 0.1) is 11.8 Å². The Kier molecular flexibility index (Phi) is 3.11. The molecule has 1 saturated carbocycles. The Labute approximate surface area is 106 Å². The molecule has 1 heterocycles. The van der Waals surface area contributed by atoms with Crippen molar-refractivity contribution in [2.75, 3.05) is 0 Å². The average molecular weight is 240 g/mol. The molecule has 1 aliphatic heterocycles. The van der Waals surface area contributed by atoms with Gasteiger partial charge < -0.3 is 9.84 Å². The van der Waals surface area contributed by atoms with Crippen LogP contribution in [0.1, 0.15) is 66.7 Å². The molecular weight excluding hydrogens is 212 g/mol. The zero-order valence-electron chi connectivity index (χ0n) is 12.0. The molecule has 0 amide bonds. The van der Waals surface area contributed by atoms with E-state index in [0.29, 0.717) is 5.92 Å².